The highest BCUT2D eigenvalue weighted by atomic mass is 16.5. The molecule has 0 spiro atoms. The SMILES string of the molecule is CCOc1ccccc1NCC(=O)Nc1ccc(C(=O)NCc2ccco2)cc1. The van der Waals surface area contributed by atoms with E-state index in [2.05, 4.69) is 16.0 Å². The fourth-order valence-corrected chi connectivity index (χ4v) is 2.66. The zero-order valence-electron chi connectivity index (χ0n) is 16.1. The third-order valence-electron chi connectivity index (χ3n) is 4.06. The quantitative estimate of drug-likeness (QED) is 0.516. The molecule has 2 aromatic carbocycles. The van der Waals surface area contributed by atoms with E-state index >= 15 is 0 Å². The summed E-state index contributed by atoms with van der Waals surface area (Å²) in [6, 6.07) is 17.7. The van der Waals surface area contributed by atoms with Gasteiger partial charge in [-0.25, -0.2) is 0 Å². The van der Waals surface area contributed by atoms with Crippen LogP contribution in [0.5, 0.6) is 5.75 Å². The summed E-state index contributed by atoms with van der Waals surface area (Å²) in [5.74, 6) is 0.966. The van der Waals surface area contributed by atoms with Gasteiger partial charge in [-0.05, 0) is 55.5 Å². The van der Waals surface area contributed by atoms with E-state index in [1.165, 1.54) is 0 Å². The molecule has 0 aliphatic rings. The largest absolute Gasteiger partial charge is 0.492 e. The number of nitrogens with one attached hydrogen (secondary N) is 3. The van der Waals surface area contributed by atoms with Gasteiger partial charge in [0.25, 0.3) is 5.91 Å². The second-order valence-electron chi connectivity index (χ2n) is 6.17. The van der Waals surface area contributed by atoms with Crippen LogP contribution < -0.4 is 20.7 Å². The van der Waals surface area contributed by atoms with E-state index in [0.717, 1.165) is 5.69 Å². The summed E-state index contributed by atoms with van der Waals surface area (Å²) in [5.41, 5.74) is 1.86. The Morgan fingerprint density at radius 1 is 1.00 bits per heavy atom. The highest BCUT2D eigenvalue weighted by Gasteiger charge is 2.08. The monoisotopic (exact) mass is 393 g/mol. The van der Waals surface area contributed by atoms with Crippen molar-refractivity contribution in [3.63, 3.8) is 0 Å². The van der Waals surface area contributed by atoms with Crippen LogP contribution in [0.25, 0.3) is 0 Å². The third kappa shape index (κ3) is 5.87. The molecule has 7 heteroatoms. The molecule has 0 fully saturated rings. The van der Waals surface area contributed by atoms with Gasteiger partial charge in [0, 0.05) is 11.3 Å². The summed E-state index contributed by atoms with van der Waals surface area (Å²) in [7, 11) is 0. The Kier molecular flexibility index (Phi) is 6.89. The van der Waals surface area contributed by atoms with Crippen molar-refractivity contribution in [3.8, 4) is 5.75 Å². The Bertz CT molecular complexity index is 937. The lowest BCUT2D eigenvalue weighted by atomic mass is 10.2. The molecule has 3 N–H and O–H groups in total. The topological polar surface area (TPSA) is 92.6 Å². The summed E-state index contributed by atoms with van der Waals surface area (Å²) < 4.78 is 10.7. The molecule has 0 bridgehead atoms. The average Bonchev–Trinajstić information content (AvgIpc) is 3.26. The first-order chi connectivity index (χ1) is 14.2. The summed E-state index contributed by atoms with van der Waals surface area (Å²) >= 11 is 0. The Balaban J connectivity index is 1.49. The maximum absolute atomic E-state index is 12.2. The van der Waals surface area contributed by atoms with Crippen LogP contribution in [-0.2, 0) is 11.3 Å². The molecule has 0 radical (unpaired) electrons. The van der Waals surface area contributed by atoms with E-state index < -0.39 is 0 Å². The van der Waals surface area contributed by atoms with Crippen LogP contribution in [-0.4, -0.2) is 25.0 Å². The molecular formula is C22H23N3O4. The van der Waals surface area contributed by atoms with Gasteiger partial charge < -0.3 is 25.1 Å². The van der Waals surface area contributed by atoms with Gasteiger partial charge in [0.1, 0.15) is 11.5 Å². The molecule has 0 saturated carbocycles. The summed E-state index contributed by atoms with van der Waals surface area (Å²) in [6.07, 6.45) is 1.56. The lowest BCUT2D eigenvalue weighted by Crippen LogP contribution is -2.23. The van der Waals surface area contributed by atoms with Crippen LogP contribution in [0.4, 0.5) is 11.4 Å². The van der Waals surface area contributed by atoms with Crippen LogP contribution in [0.3, 0.4) is 0 Å². The number of benzene rings is 2. The van der Waals surface area contributed by atoms with Crippen LogP contribution in [0.2, 0.25) is 0 Å². The van der Waals surface area contributed by atoms with Crippen molar-refractivity contribution < 1.29 is 18.7 Å². The highest BCUT2D eigenvalue weighted by molar-refractivity contribution is 5.96. The van der Waals surface area contributed by atoms with Crippen molar-refractivity contribution in [1.82, 2.24) is 5.32 Å². The molecule has 0 saturated heterocycles. The van der Waals surface area contributed by atoms with Gasteiger partial charge in [-0.15, -0.1) is 0 Å². The third-order valence-corrected chi connectivity index (χ3v) is 4.06. The molecule has 0 unspecified atom stereocenters. The molecule has 0 aliphatic carbocycles. The molecule has 7 nitrogen and oxygen atoms in total. The fourth-order valence-electron chi connectivity index (χ4n) is 2.66. The van der Waals surface area contributed by atoms with Gasteiger partial charge in [0.05, 0.1) is 31.6 Å². The van der Waals surface area contributed by atoms with Gasteiger partial charge in [0.15, 0.2) is 0 Å². The van der Waals surface area contributed by atoms with Gasteiger partial charge in [-0.1, -0.05) is 12.1 Å². The van der Waals surface area contributed by atoms with Crippen LogP contribution in [0, 0.1) is 0 Å². The van der Waals surface area contributed by atoms with Gasteiger partial charge >= 0.3 is 0 Å². The van der Waals surface area contributed by atoms with E-state index in [1.54, 1.807) is 42.7 Å². The molecule has 3 rings (SSSR count). The van der Waals surface area contributed by atoms with E-state index in [9.17, 15) is 9.59 Å². The maximum Gasteiger partial charge on any atom is 0.251 e. The molecule has 0 atom stereocenters. The number of carbonyl (C=O) groups is 2. The highest BCUT2D eigenvalue weighted by Crippen LogP contribution is 2.23. The minimum absolute atomic E-state index is 0.0927. The zero-order chi connectivity index (χ0) is 20.5. The van der Waals surface area contributed by atoms with Crippen LogP contribution in [0.15, 0.2) is 71.3 Å². The molecule has 2 amide bonds. The molecule has 0 aliphatic heterocycles. The first kappa shape index (κ1) is 20.0. The van der Waals surface area contributed by atoms with E-state index in [0.29, 0.717) is 35.9 Å². The van der Waals surface area contributed by atoms with Crippen molar-refractivity contribution in [2.24, 2.45) is 0 Å². The molecule has 1 aromatic heterocycles. The van der Waals surface area contributed by atoms with Crippen molar-refractivity contribution in [3.05, 3.63) is 78.3 Å². The molecule has 1 heterocycles. The van der Waals surface area contributed by atoms with Crippen molar-refractivity contribution in [2.45, 2.75) is 13.5 Å². The molecular weight excluding hydrogens is 370 g/mol. The predicted molar refractivity (Wildman–Crippen MR) is 111 cm³/mol. The molecule has 3 aromatic rings. The first-order valence-corrected chi connectivity index (χ1v) is 9.32. The van der Waals surface area contributed by atoms with Crippen molar-refractivity contribution >= 4 is 23.2 Å². The number of anilines is 2. The number of ether oxygens (including phenoxy) is 1. The van der Waals surface area contributed by atoms with Crippen LogP contribution >= 0.6 is 0 Å². The number of hydrogen-bond donors (Lipinski definition) is 3. The zero-order valence-corrected chi connectivity index (χ0v) is 16.1. The minimum atomic E-state index is -0.214. The van der Waals surface area contributed by atoms with Crippen molar-refractivity contribution in [2.75, 3.05) is 23.8 Å². The number of amides is 2. The maximum atomic E-state index is 12.2. The fraction of sp³-hybridized carbons (Fsp3) is 0.182. The summed E-state index contributed by atoms with van der Waals surface area (Å²) in [6.45, 7) is 2.87. The summed E-state index contributed by atoms with van der Waals surface area (Å²) in [4.78, 5) is 24.4. The Morgan fingerprint density at radius 2 is 1.79 bits per heavy atom. The number of rotatable bonds is 9. The lowest BCUT2D eigenvalue weighted by Gasteiger charge is -2.12. The Morgan fingerprint density at radius 3 is 2.52 bits per heavy atom. The predicted octanol–water partition coefficient (Wildman–Crippen LogP) is 3.66. The smallest absolute Gasteiger partial charge is 0.251 e. The van der Waals surface area contributed by atoms with Crippen molar-refractivity contribution in [1.29, 1.82) is 0 Å². The number of carbonyl (C=O) groups excluding carboxylic acids is 2. The second-order valence-corrected chi connectivity index (χ2v) is 6.17. The standard InChI is InChI=1S/C22H23N3O4/c1-2-28-20-8-4-3-7-19(20)23-15-21(26)25-17-11-9-16(10-12-17)22(27)24-14-18-6-5-13-29-18/h3-13,23H,2,14-15H2,1H3,(H,24,27)(H,25,26). The first-order valence-electron chi connectivity index (χ1n) is 9.32. The number of para-hydroxylation sites is 2. The minimum Gasteiger partial charge on any atom is -0.492 e. The Labute approximate surface area is 169 Å². The lowest BCUT2D eigenvalue weighted by molar-refractivity contribution is -0.114. The normalized spacial score (nSPS) is 10.2. The van der Waals surface area contributed by atoms with Gasteiger partial charge in [-0.2, -0.15) is 0 Å². The van der Waals surface area contributed by atoms with Crippen LogP contribution in [0.1, 0.15) is 23.0 Å². The average molecular weight is 393 g/mol. The Hall–Kier alpha value is -3.74. The van der Waals surface area contributed by atoms with E-state index in [1.807, 2.05) is 31.2 Å². The van der Waals surface area contributed by atoms with E-state index in [-0.39, 0.29) is 18.4 Å². The number of hydrogen-bond acceptors (Lipinski definition) is 5. The van der Waals surface area contributed by atoms with Gasteiger partial charge in [0.2, 0.25) is 5.91 Å². The molecule has 29 heavy (non-hydrogen) atoms. The summed E-state index contributed by atoms with van der Waals surface area (Å²) in [5, 5.41) is 8.64. The number of furan rings is 1. The van der Waals surface area contributed by atoms with Gasteiger partial charge in [-0.3, -0.25) is 9.59 Å². The molecule has 150 valence electrons. The van der Waals surface area contributed by atoms with E-state index in [4.69, 9.17) is 9.15 Å². The second kappa shape index (κ2) is 9.98.